The van der Waals surface area contributed by atoms with Crippen molar-refractivity contribution in [3.63, 3.8) is 0 Å². The standard InChI is InChI=1S/C18H14F2N2O3S/c19-11-3-4-12(20)13(10-11)22-17(23)15(14-2-1-9-26-14)16(18(22)24)21-5-7-25-8-6-21/h1-4,9-10H,5-8H2. The lowest BCUT2D eigenvalue weighted by atomic mass is 10.1. The van der Waals surface area contributed by atoms with Crippen molar-refractivity contribution in [2.24, 2.45) is 0 Å². The van der Waals surface area contributed by atoms with Crippen molar-refractivity contribution >= 4 is 34.4 Å². The normalized spacial score (nSPS) is 18.2. The van der Waals surface area contributed by atoms with Crippen LogP contribution in [0.25, 0.3) is 5.57 Å². The van der Waals surface area contributed by atoms with Crippen LogP contribution < -0.4 is 4.90 Å². The van der Waals surface area contributed by atoms with E-state index in [-0.39, 0.29) is 17.0 Å². The van der Waals surface area contributed by atoms with E-state index >= 15 is 0 Å². The monoisotopic (exact) mass is 376 g/mol. The quantitative estimate of drug-likeness (QED) is 0.773. The Labute approximate surface area is 152 Å². The number of carbonyl (C=O) groups excluding carboxylic acids is 2. The Kier molecular flexibility index (Phi) is 4.29. The third-order valence-electron chi connectivity index (χ3n) is 4.30. The fourth-order valence-corrected chi connectivity index (χ4v) is 3.88. The van der Waals surface area contributed by atoms with Gasteiger partial charge in [0.2, 0.25) is 0 Å². The number of ether oxygens (including phenoxy) is 1. The van der Waals surface area contributed by atoms with Crippen LogP contribution in [-0.4, -0.2) is 43.0 Å². The summed E-state index contributed by atoms with van der Waals surface area (Å²) in [6.45, 7) is 1.75. The van der Waals surface area contributed by atoms with E-state index in [9.17, 15) is 18.4 Å². The van der Waals surface area contributed by atoms with Crippen molar-refractivity contribution in [2.45, 2.75) is 0 Å². The maximum absolute atomic E-state index is 14.2. The number of imide groups is 1. The van der Waals surface area contributed by atoms with Crippen LogP contribution in [0.5, 0.6) is 0 Å². The molecule has 0 radical (unpaired) electrons. The second-order valence-electron chi connectivity index (χ2n) is 5.84. The molecule has 1 fully saturated rings. The summed E-state index contributed by atoms with van der Waals surface area (Å²) in [4.78, 5) is 29.2. The maximum Gasteiger partial charge on any atom is 0.282 e. The minimum absolute atomic E-state index is 0.212. The zero-order chi connectivity index (χ0) is 18.3. The largest absolute Gasteiger partial charge is 0.378 e. The number of hydrogen-bond acceptors (Lipinski definition) is 5. The molecule has 2 aliphatic heterocycles. The van der Waals surface area contributed by atoms with Gasteiger partial charge in [0.15, 0.2) is 0 Å². The lowest BCUT2D eigenvalue weighted by Crippen LogP contribution is -2.40. The number of hydrogen-bond donors (Lipinski definition) is 0. The first-order valence-corrected chi connectivity index (χ1v) is 8.90. The van der Waals surface area contributed by atoms with Crippen LogP contribution in [0.3, 0.4) is 0 Å². The van der Waals surface area contributed by atoms with Crippen LogP contribution in [0.15, 0.2) is 41.4 Å². The molecule has 1 aromatic heterocycles. The van der Waals surface area contributed by atoms with Crippen molar-refractivity contribution in [3.8, 4) is 0 Å². The molecule has 0 saturated carbocycles. The summed E-state index contributed by atoms with van der Waals surface area (Å²) in [5.41, 5.74) is 0.0530. The van der Waals surface area contributed by atoms with Crippen LogP contribution in [0.1, 0.15) is 4.88 Å². The number of nitrogens with zero attached hydrogens (tertiary/aromatic N) is 2. The minimum atomic E-state index is -0.832. The highest BCUT2D eigenvalue weighted by Gasteiger charge is 2.44. The number of amides is 2. The third kappa shape index (κ3) is 2.71. The van der Waals surface area contributed by atoms with Crippen molar-refractivity contribution in [2.75, 3.05) is 31.2 Å². The van der Waals surface area contributed by atoms with Gasteiger partial charge in [-0.2, -0.15) is 0 Å². The molecule has 0 bridgehead atoms. The zero-order valence-corrected chi connectivity index (χ0v) is 14.4. The van der Waals surface area contributed by atoms with E-state index in [1.807, 2.05) is 0 Å². The van der Waals surface area contributed by atoms with E-state index in [1.54, 1.807) is 22.4 Å². The smallest absolute Gasteiger partial charge is 0.282 e. The Morgan fingerprint density at radius 1 is 1.04 bits per heavy atom. The molecule has 5 nitrogen and oxygen atoms in total. The van der Waals surface area contributed by atoms with Gasteiger partial charge in [0.05, 0.1) is 24.5 Å². The van der Waals surface area contributed by atoms with Crippen LogP contribution in [0.2, 0.25) is 0 Å². The first-order chi connectivity index (χ1) is 12.6. The molecule has 26 heavy (non-hydrogen) atoms. The summed E-state index contributed by atoms with van der Waals surface area (Å²) in [5.74, 6) is -2.85. The fourth-order valence-electron chi connectivity index (χ4n) is 3.12. The Hall–Kier alpha value is -2.58. The average molecular weight is 376 g/mol. The van der Waals surface area contributed by atoms with Crippen molar-refractivity contribution in [3.05, 3.63) is 57.9 Å². The predicted octanol–water partition coefficient (Wildman–Crippen LogP) is 2.64. The van der Waals surface area contributed by atoms with Crippen LogP contribution in [-0.2, 0) is 14.3 Å². The summed E-state index contributed by atoms with van der Waals surface area (Å²) in [6, 6.07) is 6.22. The molecular weight excluding hydrogens is 362 g/mol. The van der Waals surface area contributed by atoms with Gasteiger partial charge in [-0.3, -0.25) is 9.59 Å². The van der Waals surface area contributed by atoms with E-state index in [4.69, 9.17) is 4.74 Å². The number of benzene rings is 1. The van der Waals surface area contributed by atoms with Crippen molar-refractivity contribution < 1.29 is 23.1 Å². The second kappa shape index (κ2) is 6.62. The Morgan fingerprint density at radius 3 is 2.50 bits per heavy atom. The number of thiophene rings is 1. The van der Waals surface area contributed by atoms with E-state index in [0.29, 0.717) is 31.2 Å². The van der Waals surface area contributed by atoms with E-state index < -0.39 is 23.4 Å². The van der Waals surface area contributed by atoms with Gasteiger partial charge in [-0.1, -0.05) is 6.07 Å². The van der Waals surface area contributed by atoms with Gasteiger partial charge in [0.25, 0.3) is 11.8 Å². The molecule has 0 N–H and O–H groups in total. The molecule has 4 rings (SSSR count). The summed E-state index contributed by atoms with van der Waals surface area (Å²) in [6.07, 6.45) is 0. The van der Waals surface area contributed by atoms with Crippen molar-refractivity contribution in [1.29, 1.82) is 0 Å². The summed E-state index contributed by atoms with van der Waals surface area (Å²) >= 11 is 1.31. The molecule has 3 heterocycles. The Bertz CT molecular complexity index is 905. The van der Waals surface area contributed by atoms with Crippen molar-refractivity contribution in [1.82, 2.24) is 4.90 Å². The topological polar surface area (TPSA) is 49.9 Å². The van der Waals surface area contributed by atoms with E-state index in [2.05, 4.69) is 0 Å². The van der Waals surface area contributed by atoms with Crippen LogP contribution >= 0.6 is 11.3 Å². The molecule has 0 atom stereocenters. The average Bonchev–Trinajstić information content (AvgIpc) is 3.24. The molecule has 1 saturated heterocycles. The van der Waals surface area contributed by atoms with E-state index in [0.717, 1.165) is 23.1 Å². The summed E-state index contributed by atoms with van der Waals surface area (Å²) < 4.78 is 33.2. The molecule has 1 aromatic carbocycles. The minimum Gasteiger partial charge on any atom is -0.378 e. The zero-order valence-electron chi connectivity index (χ0n) is 13.6. The number of rotatable bonds is 3. The molecule has 2 aliphatic rings. The number of halogens is 2. The fraction of sp³-hybridized carbons (Fsp3) is 0.222. The third-order valence-corrected chi connectivity index (χ3v) is 5.19. The molecule has 2 amide bonds. The summed E-state index contributed by atoms with van der Waals surface area (Å²) in [7, 11) is 0. The lowest BCUT2D eigenvalue weighted by molar-refractivity contribution is -0.121. The van der Waals surface area contributed by atoms with Crippen LogP contribution in [0, 0.1) is 11.6 Å². The van der Waals surface area contributed by atoms with Gasteiger partial charge in [-0.15, -0.1) is 11.3 Å². The molecule has 0 aliphatic carbocycles. The molecular formula is C18H14F2N2O3S. The van der Waals surface area contributed by atoms with Crippen LogP contribution in [0.4, 0.5) is 14.5 Å². The maximum atomic E-state index is 14.2. The molecule has 0 spiro atoms. The summed E-state index contributed by atoms with van der Waals surface area (Å²) in [5, 5.41) is 1.79. The highest BCUT2D eigenvalue weighted by Crippen LogP contribution is 2.37. The predicted molar refractivity (Wildman–Crippen MR) is 92.5 cm³/mol. The molecule has 0 unspecified atom stereocenters. The highest BCUT2D eigenvalue weighted by atomic mass is 32.1. The first-order valence-electron chi connectivity index (χ1n) is 8.02. The van der Waals surface area contributed by atoms with Gasteiger partial charge >= 0.3 is 0 Å². The second-order valence-corrected chi connectivity index (χ2v) is 6.79. The van der Waals surface area contributed by atoms with Gasteiger partial charge in [0, 0.05) is 24.0 Å². The lowest BCUT2D eigenvalue weighted by Gasteiger charge is -2.29. The number of morpholine rings is 1. The Morgan fingerprint density at radius 2 is 1.81 bits per heavy atom. The van der Waals surface area contributed by atoms with Gasteiger partial charge in [-0.25, -0.2) is 13.7 Å². The first kappa shape index (κ1) is 16.9. The molecule has 2 aromatic rings. The molecule has 134 valence electrons. The van der Waals surface area contributed by atoms with E-state index in [1.165, 1.54) is 11.3 Å². The Balaban J connectivity index is 1.84. The SMILES string of the molecule is O=C1C(c2cccs2)=C(N2CCOCC2)C(=O)N1c1cc(F)ccc1F. The number of carbonyl (C=O) groups is 2. The van der Waals surface area contributed by atoms with Gasteiger partial charge in [-0.05, 0) is 23.6 Å². The highest BCUT2D eigenvalue weighted by molar-refractivity contribution is 7.11. The molecule has 8 heteroatoms. The number of anilines is 1. The van der Waals surface area contributed by atoms with Gasteiger partial charge < -0.3 is 9.64 Å². The van der Waals surface area contributed by atoms with Gasteiger partial charge in [0.1, 0.15) is 17.3 Å².